The molecule has 0 aromatic heterocycles. The van der Waals surface area contributed by atoms with Crippen LogP contribution in [0.4, 0.5) is 17.6 Å². The molecule has 0 heterocycles. The van der Waals surface area contributed by atoms with Gasteiger partial charge in [0, 0.05) is 6.04 Å². The predicted molar refractivity (Wildman–Crippen MR) is 72.2 cm³/mol. The summed E-state index contributed by atoms with van der Waals surface area (Å²) in [6.45, 7) is 0. The zero-order chi connectivity index (χ0) is 14.0. The Hall–Kier alpha value is -0.810. The van der Waals surface area contributed by atoms with Crippen molar-refractivity contribution in [2.24, 2.45) is 11.7 Å². The van der Waals surface area contributed by atoms with Crippen molar-refractivity contribution in [3.63, 3.8) is 0 Å². The number of alkyl halides is 3. The third-order valence-electron chi connectivity index (χ3n) is 3.84. The molecule has 1 aliphatic carbocycles. The maximum Gasteiger partial charge on any atom is 0.416 e. The highest BCUT2D eigenvalue weighted by molar-refractivity contribution is 5.85. The summed E-state index contributed by atoms with van der Waals surface area (Å²) < 4.78 is 51.8. The van der Waals surface area contributed by atoms with E-state index in [1.807, 2.05) is 0 Å². The van der Waals surface area contributed by atoms with Crippen LogP contribution in [0, 0.1) is 11.7 Å². The first kappa shape index (κ1) is 17.2. The Morgan fingerprint density at radius 2 is 1.70 bits per heavy atom. The normalized spacial score (nSPS) is 18.4. The SMILES string of the molecule is Cl.N[C@H](c1ccc(F)cc1C(F)(F)F)C1CCCCC1. The molecule has 20 heavy (non-hydrogen) atoms. The number of halogens is 5. The smallest absolute Gasteiger partial charge is 0.324 e. The quantitative estimate of drug-likeness (QED) is 0.777. The Labute approximate surface area is 122 Å². The maximum atomic E-state index is 13.0. The molecule has 0 amide bonds. The number of nitrogens with two attached hydrogens (primary N) is 1. The summed E-state index contributed by atoms with van der Waals surface area (Å²) in [6, 6.07) is 2.10. The molecule has 6 heteroatoms. The first-order valence-corrected chi connectivity index (χ1v) is 6.52. The lowest BCUT2D eigenvalue weighted by molar-refractivity contribution is -0.138. The van der Waals surface area contributed by atoms with Crippen LogP contribution >= 0.6 is 12.4 Å². The largest absolute Gasteiger partial charge is 0.416 e. The van der Waals surface area contributed by atoms with Crippen LogP contribution in [-0.2, 0) is 6.18 Å². The molecule has 1 aliphatic rings. The summed E-state index contributed by atoms with van der Waals surface area (Å²) in [6.07, 6.45) is 0.232. The third-order valence-corrected chi connectivity index (χ3v) is 3.84. The monoisotopic (exact) mass is 311 g/mol. The zero-order valence-corrected chi connectivity index (χ0v) is 11.7. The van der Waals surface area contributed by atoms with Crippen LogP contribution in [0.1, 0.15) is 49.3 Å². The van der Waals surface area contributed by atoms with E-state index in [4.69, 9.17) is 5.73 Å². The average Bonchev–Trinajstić information content (AvgIpc) is 2.38. The second-order valence-corrected chi connectivity index (χ2v) is 5.15. The first-order chi connectivity index (χ1) is 8.89. The Bertz CT molecular complexity index is 441. The van der Waals surface area contributed by atoms with Crippen molar-refractivity contribution < 1.29 is 17.6 Å². The minimum atomic E-state index is -4.57. The molecule has 0 spiro atoms. The van der Waals surface area contributed by atoms with Crippen LogP contribution in [0.3, 0.4) is 0 Å². The molecular formula is C14H18ClF4N. The molecule has 1 fully saturated rings. The fourth-order valence-corrected chi connectivity index (χ4v) is 2.81. The average molecular weight is 312 g/mol. The summed E-state index contributed by atoms with van der Waals surface area (Å²) in [7, 11) is 0. The van der Waals surface area contributed by atoms with E-state index in [0.29, 0.717) is 6.07 Å². The molecule has 0 radical (unpaired) electrons. The van der Waals surface area contributed by atoms with Gasteiger partial charge in [-0.2, -0.15) is 13.2 Å². The molecule has 114 valence electrons. The lowest BCUT2D eigenvalue weighted by Crippen LogP contribution is -2.26. The fourth-order valence-electron chi connectivity index (χ4n) is 2.81. The lowest BCUT2D eigenvalue weighted by atomic mass is 9.80. The summed E-state index contributed by atoms with van der Waals surface area (Å²) in [5.74, 6) is -0.827. The highest BCUT2D eigenvalue weighted by atomic mass is 35.5. The molecule has 1 nitrogen and oxygen atoms in total. The molecule has 0 saturated heterocycles. The fraction of sp³-hybridized carbons (Fsp3) is 0.571. The van der Waals surface area contributed by atoms with Crippen LogP contribution in [0.25, 0.3) is 0 Å². The predicted octanol–water partition coefficient (Wildman–Crippen LogP) is 4.85. The van der Waals surface area contributed by atoms with E-state index >= 15 is 0 Å². The van der Waals surface area contributed by atoms with Crippen molar-refractivity contribution in [2.75, 3.05) is 0 Å². The van der Waals surface area contributed by atoms with Crippen LogP contribution in [-0.4, -0.2) is 0 Å². The van der Waals surface area contributed by atoms with Gasteiger partial charge in [0.15, 0.2) is 0 Å². The van der Waals surface area contributed by atoms with Crippen molar-refractivity contribution in [3.8, 4) is 0 Å². The highest BCUT2D eigenvalue weighted by Gasteiger charge is 2.36. The van der Waals surface area contributed by atoms with Crippen LogP contribution in [0.15, 0.2) is 18.2 Å². The van der Waals surface area contributed by atoms with Gasteiger partial charge in [-0.25, -0.2) is 4.39 Å². The van der Waals surface area contributed by atoms with Gasteiger partial charge >= 0.3 is 6.18 Å². The van der Waals surface area contributed by atoms with Crippen molar-refractivity contribution in [1.29, 1.82) is 0 Å². The molecule has 1 atom stereocenters. The molecule has 0 unspecified atom stereocenters. The van der Waals surface area contributed by atoms with Gasteiger partial charge in [0.25, 0.3) is 0 Å². The third kappa shape index (κ3) is 3.85. The van der Waals surface area contributed by atoms with Crippen molar-refractivity contribution in [3.05, 3.63) is 35.1 Å². The van der Waals surface area contributed by atoms with E-state index in [0.717, 1.165) is 38.2 Å². The van der Waals surface area contributed by atoms with Crippen molar-refractivity contribution in [2.45, 2.75) is 44.3 Å². The highest BCUT2D eigenvalue weighted by Crippen LogP contribution is 2.39. The van der Waals surface area contributed by atoms with E-state index in [-0.39, 0.29) is 23.9 Å². The van der Waals surface area contributed by atoms with E-state index in [9.17, 15) is 17.6 Å². The molecule has 1 aromatic carbocycles. The second kappa shape index (κ2) is 6.76. The Kier molecular flexibility index (Phi) is 5.83. The Morgan fingerprint density at radius 3 is 2.25 bits per heavy atom. The summed E-state index contributed by atoms with van der Waals surface area (Å²) in [5, 5.41) is 0. The molecule has 2 N–H and O–H groups in total. The molecule has 0 aliphatic heterocycles. The topological polar surface area (TPSA) is 26.0 Å². The van der Waals surface area contributed by atoms with Gasteiger partial charge in [-0.3, -0.25) is 0 Å². The zero-order valence-electron chi connectivity index (χ0n) is 10.9. The van der Waals surface area contributed by atoms with Gasteiger partial charge in [0.1, 0.15) is 5.82 Å². The van der Waals surface area contributed by atoms with Gasteiger partial charge in [0.2, 0.25) is 0 Å². The molecule has 1 aromatic rings. The van der Waals surface area contributed by atoms with Gasteiger partial charge in [0.05, 0.1) is 5.56 Å². The van der Waals surface area contributed by atoms with E-state index < -0.39 is 23.6 Å². The van der Waals surface area contributed by atoms with Gasteiger partial charge in [-0.1, -0.05) is 25.3 Å². The van der Waals surface area contributed by atoms with E-state index in [1.54, 1.807) is 0 Å². The Morgan fingerprint density at radius 1 is 1.10 bits per heavy atom. The molecule has 0 bridgehead atoms. The van der Waals surface area contributed by atoms with Crippen molar-refractivity contribution >= 4 is 12.4 Å². The molecular weight excluding hydrogens is 294 g/mol. The Balaban J connectivity index is 0.00000200. The van der Waals surface area contributed by atoms with E-state index in [1.165, 1.54) is 6.07 Å². The van der Waals surface area contributed by atoms with E-state index in [2.05, 4.69) is 0 Å². The lowest BCUT2D eigenvalue weighted by Gasteiger charge is -2.29. The second-order valence-electron chi connectivity index (χ2n) is 5.15. The van der Waals surface area contributed by atoms with Gasteiger partial charge in [-0.05, 0) is 36.5 Å². The number of hydrogen-bond donors (Lipinski definition) is 1. The summed E-state index contributed by atoms with van der Waals surface area (Å²) in [4.78, 5) is 0. The minimum Gasteiger partial charge on any atom is -0.324 e. The number of rotatable bonds is 2. The minimum absolute atomic E-state index is 0. The summed E-state index contributed by atoms with van der Waals surface area (Å²) in [5.41, 5.74) is 5.07. The van der Waals surface area contributed by atoms with Crippen molar-refractivity contribution in [1.82, 2.24) is 0 Å². The van der Waals surface area contributed by atoms with Crippen LogP contribution in [0.2, 0.25) is 0 Å². The maximum absolute atomic E-state index is 13.0. The molecule has 1 saturated carbocycles. The first-order valence-electron chi connectivity index (χ1n) is 6.52. The number of hydrogen-bond acceptors (Lipinski definition) is 1. The van der Waals surface area contributed by atoms with Crippen LogP contribution < -0.4 is 5.73 Å². The standard InChI is InChI=1S/C14H17F4N.ClH/c15-10-6-7-11(12(8-10)14(16,17)18)13(19)9-4-2-1-3-5-9;/h6-9,13H,1-5,19H2;1H/t13-;/m0./s1. The number of benzene rings is 1. The van der Waals surface area contributed by atoms with Crippen LogP contribution in [0.5, 0.6) is 0 Å². The van der Waals surface area contributed by atoms with Gasteiger partial charge < -0.3 is 5.73 Å². The molecule has 2 rings (SSSR count). The van der Waals surface area contributed by atoms with Gasteiger partial charge in [-0.15, -0.1) is 12.4 Å². The summed E-state index contributed by atoms with van der Waals surface area (Å²) >= 11 is 0.